The molecule has 1 amide bonds. The summed E-state index contributed by atoms with van der Waals surface area (Å²) in [7, 11) is 0. The van der Waals surface area contributed by atoms with Crippen molar-refractivity contribution >= 4 is 22.5 Å². The summed E-state index contributed by atoms with van der Waals surface area (Å²) in [5, 5.41) is 1.52. The van der Waals surface area contributed by atoms with Gasteiger partial charge in [0.2, 0.25) is 0 Å². The number of nitrogens with zero attached hydrogens (tertiary/aromatic N) is 2. The van der Waals surface area contributed by atoms with E-state index in [1.165, 1.54) is 6.07 Å². The molecule has 4 nitrogen and oxygen atoms in total. The Labute approximate surface area is 162 Å². The molecule has 0 radical (unpaired) electrons. The van der Waals surface area contributed by atoms with Crippen molar-refractivity contribution in [2.45, 2.75) is 6.92 Å². The second-order valence-electron chi connectivity index (χ2n) is 6.47. The van der Waals surface area contributed by atoms with Crippen molar-refractivity contribution in [2.24, 2.45) is 5.84 Å². The van der Waals surface area contributed by atoms with Crippen LogP contribution in [0.4, 0.5) is 10.1 Å². The number of anilines is 1. The summed E-state index contributed by atoms with van der Waals surface area (Å²) in [6.45, 7) is 1.81. The lowest BCUT2D eigenvalue weighted by molar-refractivity contribution is 0.0988. The molecule has 0 spiro atoms. The molecule has 4 aromatic rings. The first kappa shape index (κ1) is 17.8. The molecule has 28 heavy (non-hydrogen) atoms. The zero-order chi connectivity index (χ0) is 19.7. The van der Waals surface area contributed by atoms with E-state index in [0.717, 1.165) is 10.6 Å². The van der Waals surface area contributed by atoms with E-state index >= 15 is 0 Å². The Kier molecular flexibility index (Phi) is 4.59. The third kappa shape index (κ3) is 3.02. The maximum Gasteiger partial charge on any atom is 0.273 e. The van der Waals surface area contributed by atoms with Gasteiger partial charge < -0.3 is 0 Å². The molecule has 5 heteroatoms. The van der Waals surface area contributed by atoms with Gasteiger partial charge in [-0.15, -0.1) is 0 Å². The van der Waals surface area contributed by atoms with E-state index < -0.39 is 11.7 Å². The maximum atomic E-state index is 14.6. The van der Waals surface area contributed by atoms with Crippen LogP contribution in [0.15, 0.2) is 78.9 Å². The number of carbonyl (C=O) groups is 1. The van der Waals surface area contributed by atoms with Crippen molar-refractivity contribution < 1.29 is 9.18 Å². The fourth-order valence-corrected chi connectivity index (χ4v) is 3.33. The molecule has 0 aliphatic heterocycles. The molecular formula is C23H18FN3O. The molecule has 138 valence electrons. The number of hydrogen-bond acceptors (Lipinski definition) is 3. The number of carbonyl (C=O) groups excluding carboxylic acids is 1. The zero-order valence-electron chi connectivity index (χ0n) is 15.3. The second kappa shape index (κ2) is 7.21. The fourth-order valence-electron chi connectivity index (χ4n) is 3.33. The van der Waals surface area contributed by atoms with Gasteiger partial charge in [-0.3, -0.25) is 4.79 Å². The minimum atomic E-state index is -0.480. The number of aromatic nitrogens is 1. The Morgan fingerprint density at radius 1 is 0.929 bits per heavy atom. The van der Waals surface area contributed by atoms with Crippen LogP contribution in [0.3, 0.4) is 0 Å². The summed E-state index contributed by atoms with van der Waals surface area (Å²) >= 11 is 0. The molecule has 0 aliphatic rings. The van der Waals surface area contributed by atoms with Gasteiger partial charge in [-0.05, 0) is 30.7 Å². The van der Waals surface area contributed by atoms with E-state index in [0.29, 0.717) is 27.9 Å². The SMILES string of the molecule is Cc1c(-c2ccccc2)nc2c(F)cccc2c1C(=O)N(N)c1ccccc1. The van der Waals surface area contributed by atoms with Gasteiger partial charge in [0.15, 0.2) is 0 Å². The van der Waals surface area contributed by atoms with E-state index in [4.69, 9.17) is 5.84 Å². The third-order valence-corrected chi connectivity index (χ3v) is 4.72. The van der Waals surface area contributed by atoms with Crippen LogP contribution in [0.25, 0.3) is 22.2 Å². The largest absolute Gasteiger partial charge is 0.273 e. The highest BCUT2D eigenvalue weighted by Crippen LogP contribution is 2.31. The first-order chi connectivity index (χ1) is 13.6. The summed E-state index contributed by atoms with van der Waals surface area (Å²) in [6, 6.07) is 23.0. The molecule has 0 saturated carbocycles. The molecule has 0 bridgehead atoms. The highest BCUT2D eigenvalue weighted by Gasteiger charge is 2.24. The average molecular weight is 371 g/mol. The monoisotopic (exact) mass is 371 g/mol. The van der Waals surface area contributed by atoms with Crippen molar-refractivity contribution in [2.75, 3.05) is 5.01 Å². The number of hydrogen-bond donors (Lipinski definition) is 1. The summed E-state index contributed by atoms with van der Waals surface area (Å²) < 4.78 is 14.6. The van der Waals surface area contributed by atoms with E-state index in [1.807, 2.05) is 43.3 Å². The van der Waals surface area contributed by atoms with E-state index in [9.17, 15) is 9.18 Å². The van der Waals surface area contributed by atoms with Crippen molar-refractivity contribution in [1.29, 1.82) is 0 Å². The van der Waals surface area contributed by atoms with Crippen molar-refractivity contribution in [3.63, 3.8) is 0 Å². The van der Waals surface area contributed by atoms with Crippen LogP contribution < -0.4 is 10.9 Å². The highest BCUT2D eigenvalue weighted by molar-refractivity contribution is 6.15. The standard InChI is InChI=1S/C23H18FN3O/c1-15-20(23(28)27(25)17-11-6-3-7-12-17)18-13-8-14-19(24)22(18)26-21(15)16-9-4-2-5-10-16/h2-14H,25H2,1H3. The molecule has 0 unspecified atom stereocenters. The number of benzene rings is 3. The topological polar surface area (TPSA) is 59.2 Å². The summed E-state index contributed by atoms with van der Waals surface area (Å²) in [4.78, 5) is 17.9. The molecule has 2 N–H and O–H groups in total. The Morgan fingerprint density at radius 3 is 2.25 bits per heavy atom. The van der Waals surface area contributed by atoms with Crippen LogP contribution in [0.2, 0.25) is 0 Å². The quantitative estimate of drug-likeness (QED) is 0.317. The number of amides is 1. The lowest BCUT2D eigenvalue weighted by Crippen LogP contribution is -2.38. The molecule has 0 fully saturated rings. The lowest BCUT2D eigenvalue weighted by Gasteiger charge is -2.20. The zero-order valence-corrected chi connectivity index (χ0v) is 15.3. The molecule has 3 aromatic carbocycles. The molecule has 1 aromatic heterocycles. The van der Waals surface area contributed by atoms with Gasteiger partial charge in [-0.25, -0.2) is 20.2 Å². The first-order valence-electron chi connectivity index (χ1n) is 8.86. The average Bonchev–Trinajstić information content (AvgIpc) is 2.74. The number of rotatable bonds is 3. The molecule has 0 atom stereocenters. The van der Waals surface area contributed by atoms with Gasteiger partial charge in [-0.2, -0.15) is 0 Å². The highest BCUT2D eigenvalue weighted by atomic mass is 19.1. The van der Waals surface area contributed by atoms with Gasteiger partial charge in [0.25, 0.3) is 5.91 Å². The normalized spacial score (nSPS) is 10.8. The Hall–Kier alpha value is -3.57. The second-order valence-corrected chi connectivity index (χ2v) is 6.47. The number of pyridine rings is 1. The van der Waals surface area contributed by atoms with E-state index in [1.54, 1.807) is 36.4 Å². The van der Waals surface area contributed by atoms with Crippen LogP contribution in [-0.4, -0.2) is 10.9 Å². The summed E-state index contributed by atoms with van der Waals surface area (Å²) in [6.07, 6.45) is 0. The summed E-state index contributed by atoms with van der Waals surface area (Å²) in [5.41, 5.74) is 3.06. The number of fused-ring (bicyclic) bond motifs is 1. The summed E-state index contributed by atoms with van der Waals surface area (Å²) in [5.74, 6) is 5.23. The molecule has 1 heterocycles. The number of hydrazine groups is 1. The Bertz CT molecular complexity index is 1160. The Balaban J connectivity index is 1.98. The molecule has 0 aliphatic carbocycles. The maximum absolute atomic E-state index is 14.6. The van der Waals surface area contributed by atoms with Crippen LogP contribution in [0, 0.1) is 12.7 Å². The van der Waals surface area contributed by atoms with Gasteiger partial charge in [0.05, 0.1) is 16.9 Å². The van der Waals surface area contributed by atoms with Crippen LogP contribution in [-0.2, 0) is 0 Å². The number of nitrogens with two attached hydrogens (primary N) is 1. The van der Waals surface area contributed by atoms with E-state index in [-0.39, 0.29) is 5.52 Å². The number of halogens is 1. The molecular weight excluding hydrogens is 353 g/mol. The third-order valence-electron chi connectivity index (χ3n) is 4.72. The molecule has 0 saturated heterocycles. The molecule has 4 rings (SSSR count). The fraction of sp³-hybridized carbons (Fsp3) is 0.0435. The van der Waals surface area contributed by atoms with Gasteiger partial charge in [0.1, 0.15) is 11.3 Å². The smallest absolute Gasteiger partial charge is 0.267 e. The van der Waals surface area contributed by atoms with Gasteiger partial charge in [-0.1, -0.05) is 60.7 Å². The van der Waals surface area contributed by atoms with Crippen LogP contribution in [0.1, 0.15) is 15.9 Å². The Morgan fingerprint density at radius 2 is 1.57 bits per heavy atom. The lowest BCUT2D eigenvalue weighted by atomic mass is 9.97. The number of para-hydroxylation sites is 2. The van der Waals surface area contributed by atoms with Crippen LogP contribution >= 0.6 is 0 Å². The van der Waals surface area contributed by atoms with Gasteiger partial charge >= 0.3 is 0 Å². The minimum Gasteiger partial charge on any atom is -0.267 e. The van der Waals surface area contributed by atoms with Crippen molar-refractivity contribution in [3.05, 3.63) is 95.8 Å². The van der Waals surface area contributed by atoms with Gasteiger partial charge in [0, 0.05) is 10.9 Å². The van der Waals surface area contributed by atoms with Crippen molar-refractivity contribution in [1.82, 2.24) is 4.98 Å². The van der Waals surface area contributed by atoms with Crippen LogP contribution in [0.5, 0.6) is 0 Å². The predicted octanol–water partition coefficient (Wildman–Crippen LogP) is 4.87. The van der Waals surface area contributed by atoms with Crippen molar-refractivity contribution in [3.8, 4) is 11.3 Å². The predicted molar refractivity (Wildman–Crippen MR) is 109 cm³/mol. The minimum absolute atomic E-state index is 0.150. The first-order valence-corrected chi connectivity index (χ1v) is 8.86. The van der Waals surface area contributed by atoms with E-state index in [2.05, 4.69) is 4.98 Å².